The van der Waals surface area contributed by atoms with Gasteiger partial charge in [-0.1, -0.05) is 54.6 Å². The number of carboxylic acids is 1. The maximum atomic E-state index is 12.9. The predicted molar refractivity (Wildman–Crippen MR) is 127 cm³/mol. The summed E-state index contributed by atoms with van der Waals surface area (Å²) in [5.74, 6) is -0.535. The molecule has 1 fully saturated rings. The number of anilines is 1. The van der Waals surface area contributed by atoms with Crippen LogP contribution in [0.1, 0.15) is 49.7 Å². The molecule has 6 nitrogen and oxygen atoms in total. The zero-order valence-corrected chi connectivity index (χ0v) is 19.6. The molecule has 0 radical (unpaired) electrons. The highest BCUT2D eigenvalue weighted by Gasteiger charge is 2.34. The van der Waals surface area contributed by atoms with E-state index in [1.54, 1.807) is 24.3 Å². The second-order valence-corrected chi connectivity index (χ2v) is 9.17. The van der Waals surface area contributed by atoms with Crippen LogP contribution in [0.3, 0.4) is 0 Å². The van der Waals surface area contributed by atoms with Crippen molar-refractivity contribution in [2.75, 3.05) is 11.9 Å². The Hall–Kier alpha value is -2.28. The van der Waals surface area contributed by atoms with Gasteiger partial charge in [-0.15, -0.1) is 0 Å². The number of rotatable bonds is 9. The molecular weight excluding hydrogens is 451 g/mol. The van der Waals surface area contributed by atoms with E-state index in [1.165, 1.54) is 6.42 Å². The van der Waals surface area contributed by atoms with Gasteiger partial charge in [0.1, 0.15) is 5.75 Å². The van der Waals surface area contributed by atoms with Gasteiger partial charge < -0.3 is 20.5 Å². The molecule has 0 bridgehead atoms. The molecule has 0 atom stereocenters. The predicted octanol–water partition coefficient (Wildman–Crippen LogP) is 5.59. The molecule has 0 aromatic heterocycles. The molecule has 1 aliphatic carbocycles. The molecule has 1 amide bonds. The Kier molecular flexibility index (Phi) is 8.40. The highest BCUT2D eigenvalue weighted by molar-refractivity contribution is 6.36. The lowest BCUT2D eigenvalue weighted by atomic mass is 9.79. The Bertz CT molecular complexity index is 974. The number of amides is 1. The lowest BCUT2D eigenvalue weighted by Crippen LogP contribution is -2.48. The van der Waals surface area contributed by atoms with Crippen molar-refractivity contribution < 1.29 is 19.4 Å². The van der Waals surface area contributed by atoms with Crippen LogP contribution in [-0.2, 0) is 16.1 Å². The van der Waals surface area contributed by atoms with Crippen LogP contribution in [0.2, 0.25) is 10.0 Å². The minimum absolute atomic E-state index is 0.0859. The number of ether oxygens (including phenoxy) is 1. The molecule has 0 saturated heterocycles. The number of aliphatic carboxylic acids is 1. The van der Waals surface area contributed by atoms with Crippen molar-refractivity contribution in [1.82, 2.24) is 5.32 Å². The zero-order valence-electron chi connectivity index (χ0n) is 18.0. The van der Waals surface area contributed by atoms with E-state index in [9.17, 15) is 9.59 Å². The fourth-order valence-electron chi connectivity index (χ4n) is 4.15. The topological polar surface area (TPSA) is 87.7 Å². The molecule has 32 heavy (non-hydrogen) atoms. The summed E-state index contributed by atoms with van der Waals surface area (Å²) in [4.78, 5) is 23.6. The van der Waals surface area contributed by atoms with Crippen LogP contribution >= 0.6 is 23.2 Å². The van der Waals surface area contributed by atoms with E-state index in [4.69, 9.17) is 33.0 Å². The first-order valence-electron chi connectivity index (χ1n) is 10.7. The number of nitrogens with one attached hydrogen (secondary N) is 2. The van der Waals surface area contributed by atoms with Crippen molar-refractivity contribution >= 4 is 40.8 Å². The van der Waals surface area contributed by atoms with Gasteiger partial charge in [0.15, 0.2) is 6.61 Å². The largest absolute Gasteiger partial charge is 0.482 e. The van der Waals surface area contributed by atoms with Gasteiger partial charge >= 0.3 is 5.97 Å². The Balaban J connectivity index is 1.65. The van der Waals surface area contributed by atoms with Crippen LogP contribution in [0, 0.1) is 6.92 Å². The van der Waals surface area contributed by atoms with Crippen LogP contribution in [0.25, 0.3) is 0 Å². The van der Waals surface area contributed by atoms with E-state index >= 15 is 0 Å². The SMILES string of the molecule is Cc1cc(CNC2(CC(=O)Nc3ccc(Cl)cc3Cl)CCCCC2)ccc1OCC(=O)O. The summed E-state index contributed by atoms with van der Waals surface area (Å²) < 4.78 is 5.30. The number of aryl methyl sites for hydroxylation is 1. The summed E-state index contributed by atoms with van der Waals surface area (Å²) in [6.45, 7) is 2.13. The molecule has 0 heterocycles. The lowest BCUT2D eigenvalue weighted by Gasteiger charge is -2.38. The Morgan fingerprint density at radius 1 is 1.09 bits per heavy atom. The van der Waals surface area contributed by atoms with E-state index in [1.807, 2.05) is 19.1 Å². The maximum absolute atomic E-state index is 12.9. The first-order chi connectivity index (χ1) is 15.3. The van der Waals surface area contributed by atoms with E-state index < -0.39 is 5.97 Å². The minimum atomic E-state index is -1.01. The highest BCUT2D eigenvalue weighted by Crippen LogP contribution is 2.33. The van der Waals surface area contributed by atoms with Gasteiger partial charge in [-0.05, 0) is 55.2 Å². The maximum Gasteiger partial charge on any atom is 0.341 e. The Labute approximate surface area is 198 Å². The number of carbonyl (C=O) groups is 2. The molecule has 3 rings (SSSR count). The molecule has 172 valence electrons. The Morgan fingerprint density at radius 2 is 1.84 bits per heavy atom. The van der Waals surface area contributed by atoms with Crippen LogP contribution in [0.4, 0.5) is 5.69 Å². The third kappa shape index (κ3) is 6.86. The molecular formula is C24H28Cl2N2O4. The summed E-state index contributed by atoms with van der Waals surface area (Å²) in [5.41, 5.74) is 2.20. The van der Waals surface area contributed by atoms with Crippen LogP contribution in [0.5, 0.6) is 5.75 Å². The second-order valence-electron chi connectivity index (χ2n) is 8.33. The first kappa shape index (κ1) is 24.4. The highest BCUT2D eigenvalue weighted by atomic mass is 35.5. The van der Waals surface area contributed by atoms with Gasteiger partial charge in [0.25, 0.3) is 0 Å². The number of carbonyl (C=O) groups excluding carboxylic acids is 1. The number of carboxylic acid groups (broad SMARTS) is 1. The molecule has 3 N–H and O–H groups in total. The van der Waals surface area contributed by atoms with Crippen LogP contribution in [0.15, 0.2) is 36.4 Å². The summed E-state index contributed by atoms with van der Waals surface area (Å²) in [5, 5.41) is 16.3. The average molecular weight is 479 g/mol. The normalized spacial score (nSPS) is 15.2. The summed E-state index contributed by atoms with van der Waals surface area (Å²) in [7, 11) is 0. The van der Waals surface area contributed by atoms with Crippen molar-refractivity contribution in [1.29, 1.82) is 0 Å². The number of halogens is 2. The standard InChI is InChI=1S/C24H28Cl2N2O4/c1-16-11-17(5-8-21(16)32-15-23(30)31)14-27-24(9-3-2-4-10-24)13-22(29)28-20-7-6-18(25)12-19(20)26/h5-8,11-12,27H,2-4,9-10,13-15H2,1H3,(H,28,29)(H,30,31). The van der Waals surface area contributed by atoms with Crippen molar-refractivity contribution in [3.8, 4) is 5.75 Å². The van der Waals surface area contributed by atoms with Gasteiger partial charge in [0.2, 0.25) is 5.91 Å². The monoisotopic (exact) mass is 478 g/mol. The molecule has 0 unspecified atom stereocenters. The third-order valence-corrected chi connectivity index (χ3v) is 6.32. The fourth-order valence-corrected chi connectivity index (χ4v) is 4.61. The van der Waals surface area contributed by atoms with Gasteiger partial charge in [0.05, 0.1) is 10.7 Å². The van der Waals surface area contributed by atoms with E-state index in [0.29, 0.717) is 34.4 Å². The number of hydrogen-bond donors (Lipinski definition) is 3. The summed E-state index contributed by atoms with van der Waals surface area (Å²) in [6, 6.07) is 10.7. The van der Waals surface area contributed by atoms with Gasteiger partial charge in [-0.3, -0.25) is 4.79 Å². The lowest BCUT2D eigenvalue weighted by molar-refractivity contribution is -0.139. The van der Waals surface area contributed by atoms with Crippen molar-refractivity contribution in [3.63, 3.8) is 0 Å². The van der Waals surface area contributed by atoms with Crippen molar-refractivity contribution in [2.24, 2.45) is 0 Å². The smallest absolute Gasteiger partial charge is 0.341 e. The van der Waals surface area contributed by atoms with Gasteiger partial charge in [0, 0.05) is 23.5 Å². The average Bonchev–Trinajstić information content (AvgIpc) is 2.74. The summed E-state index contributed by atoms with van der Waals surface area (Å²) >= 11 is 12.1. The number of hydrogen-bond acceptors (Lipinski definition) is 4. The zero-order chi connectivity index (χ0) is 23.1. The first-order valence-corrected chi connectivity index (χ1v) is 11.5. The molecule has 1 aliphatic rings. The van der Waals surface area contributed by atoms with Crippen LogP contribution in [-0.4, -0.2) is 29.1 Å². The number of benzene rings is 2. The fraction of sp³-hybridized carbons (Fsp3) is 0.417. The van der Waals surface area contributed by atoms with E-state index in [2.05, 4.69) is 10.6 Å². The van der Waals surface area contributed by atoms with Crippen molar-refractivity contribution in [3.05, 3.63) is 57.6 Å². The van der Waals surface area contributed by atoms with E-state index in [0.717, 1.165) is 36.8 Å². The molecule has 1 saturated carbocycles. The molecule has 2 aromatic carbocycles. The molecule has 0 spiro atoms. The van der Waals surface area contributed by atoms with Crippen LogP contribution < -0.4 is 15.4 Å². The Morgan fingerprint density at radius 3 is 2.50 bits per heavy atom. The quantitative estimate of drug-likeness (QED) is 0.437. The van der Waals surface area contributed by atoms with E-state index in [-0.39, 0.29) is 18.1 Å². The third-order valence-electron chi connectivity index (χ3n) is 5.77. The molecule has 8 heteroatoms. The van der Waals surface area contributed by atoms with Gasteiger partial charge in [-0.25, -0.2) is 4.79 Å². The molecule has 0 aliphatic heterocycles. The molecule has 2 aromatic rings. The van der Waals surface area contributed by atoms with Crippen molar-refractivity contribution in [2.45, 2.75) is 57.5 Å². The summed E-state index contributed by atoms with van der Waals surface area (Å²) in [6.07, 6.45) is 5.51. The second kappa shape index (κ2) is 11.0. The van der Waals surface area contributed by atoms with Gasteiger partial charge in [-0.2, -0.15) is 0 Å². The minimum Gasteiger partial charge on any atom is -0.482 e.